The molecule has 8 rings (SSSR count). The molecular weight excluding hydrogens is 986 g/mol. The van der Waals surface area contributed by atoms with Crippen molar-refractivity contribution in [1.29, 1.82) is 0 Å². The fourth-order valence-corrected chi connectivity index (χ4v) is 30.9. The van der Waals surface area contributed by atoms with Gasteiger partial charge in [0.1, 0.15) is 0 Å². The normalized spacial score (nSPS) is 20.2. The van der Waals surface area contributed by atoms with E-state index in [4.69, 9.17) is 0 Å². The summed E-state index contributed by atoms with van der Waals surface area (Å²) in [6.45, 7) is 8.98. The van der Waals surface area contributed by atoms with E-state index in [0.29, 0.717) is 0 Å². The third kappa shape index (κ3) is 10.3. The van der Waals surface area contributed by atoms with Gasteiger partial charge in [-0.25, -0.2) is 0 Å². The van der Waals surface area contributed by atoms with E-state index in [1.165, 1.54) is 78.8 Å². The van der Waals surface area contributed by atoms with Gasteiger partial charge in [0.15, 0.2) is 0 Å². The fraction of sp³-hybridized carbons (Fsp3) is 0.235. The molecule has 6 aliphatic rings. The molecular formula is C34H28S18. The minimum Gasteiger partial charge on any atom is -0.136 e. The van der Waals surface area contributed by atoms with Gasteiger partial charge in [-0.05, 0) is 71.6 Å². The zero-order valence-corrected chi connectivity index (χ0v) is 42.5. The van der Waals surface area contributed by atoms with Gasteiger partial charge in [-0.3, -0.25) is 0 Å². The molecule has 0 nitrogen and oxygen atoms in total. The molecule has 0 atom stereocenters. The summed E-state index contributed by atoms with van der Waals surface area (Å²) >= 11 is 35.2. The summed E-state index contributed by atoms with van der Waals surface area (Å²) in [4.78, 5) is 5.36. The topological polar surface area (TPSA) is 0 Å². The smallest absolute Gasteiger partial charge is 0.0718 e. The van der Waals surface area contributed by atoms with Crippen molar-refractivity contribution in [2.75, 3.05) is 23.0 Å². The van der Waals surface area contributed by atoms with E-state index in [-0.39, 0.29) is 0 Å². The average Bonchev–Trinajstić information content (AvgIpc) is 3.96. The minimum absolute atomic E-state index is 1.13. The van der Waals surface area contributed by atoms with Crippen LogP contribution < -0.4 is 0 Å². The Hall–Kier alpha value is 2.66. The molecule has 2 aromatic heterocycles. The van der Waals surface area contributed by atoms with E-state index in [0.717, 1.165) is 23.0 Å². The molecule has 18 heteroatoms. The zero-order valence-electron chi connectivity index (χ0n) is 27.8. The highest BCUT2D eigenvalue weighted by Crippen LogP contribution is 2.73. The molecule has 0 amide bonds. The molecule has 272 valence electrons. The number of hydrogen-bond donors (Lipinski definition) is 0. The molecule has 0 saturated heterocycles. The SMILES string of the molecule is CCSC1=C(SCC)SC(=Cc2ccc(C=C3SC4=C(S3)SC(=C3SC5=C(SC(=Cc6ccc(C=C7SC(SCC)=C(SCC)S7)s6)S5)S3)S4)s2)S1. The van der Waals surface area contributed by atoms with Gasteiger partial charge in [0, 0.05) is 19.5 Å². The van der Waals surface area contributed by atoms with Crippen LogP contribution in [0.4, 0.5) is 0 Å². The van der Waals surface area contributed by atoms with Crippen LogP contribution in [0.2, 0.25) is 0 Å². The first kappa shape index (κ1) is 41.4. The third-order valence-electron chi connectivity index (χ3n) is 6.56. The molecule has 6 aliphatic heterocycles. The van der Waals surface area contributed by atoms with E-state index in [9.17, 15) is 0 Å². The highest BCUT2D eigenvalue weighted by Gasteiger charge is 2.37. The van der Waals surface area contributed by atoms with Crippen LogP contribution in [0.3, 0.4) is 0 Å². The Balaban J connectivity index is 0.823. The van der Waals surface area contributed by atoms with Gasteiger partial charge in [0.05, 0.1) is 59.3 Å². The van der Waals surface area contributed by atoms with Gasteiger partial charge in [-0.1, -0.05) is 169 Å². The van der Waals surface area contributed by atoms with Crippen LogP contribution in [0.15, 0.2) is 83.6 Å². The predicted octanol–water partition coefficient (Wildman–Crippen LogP) is 19.2. The Morgan fingerprint density at radius 1 is 0.346 bits per heavy atom. The molecule has 0 fully saturated rings. The van der Waals surface area contributed by atoms with Gasteiger partial charge in [-0.2, -0.15) is 0 Å². The zero-order chi connectivity index (χ0) is 35.6. The molecule has 52 heavy (non-hydrogen) atoms. The highest BCUT2D eigenvalue weighted by atomic mass is 32.3. The van der Waals surface area contributed by atoms with E-state index in [1.54, 1.807) is 0 Å². The van der Waals surface area contributed by atoms with Crippen molar-refractivity contribution in [1.82, 2.24) is 0 Å². The summed E-state index contributed by atoms with van der Waals surface area (Å²) in [6, 6.07) is 9.13. The Bertz CT molecular complexity index is 1810. The Morgan fingerprint density at radius 3 is 0.827 bits per heavy atom. The maximum absolute atomic E-state index is 2.39. The second-order valence-electron chi connectivity index (χ2n) is 10.2. The van der Waals surface area contributed by atoms with Crippen LogP contribution in [0.5, 0.6) is 0 Å². The number of hydrogen-bond acceptors (Lipinski definition) is 18. The van der Waals surface area contributed by atoms with E-state index in [2.05, 4.69) is 76.3 Å². The Labute approximate surface area is 383 Å². The summed E-state index contributed by atoms with van der Waals surface area (Å²) in [6.07, 6.45) is 9.53. The highest BCUT2D eigenvalue weighted by molar-refractivity contribution is 8.51. The lowest BCUT2D eigenvalue weighted by atomic mass is 10.4. The van der Waals surface area contributed by atoms with Crippen molar-refractivity contribution in [2.45, 2.75) is 27.7 Å². The first-order valence-electron chi connectivity index (χ1n) is 15.9. The first-order valence-corrected chi connectivity index (χ1v) is 31.3. The molecule has 0 unspecified atom stereocenters. The summed E-state index contributed by atoms with van der Waals surface area (Å²) in [5.74, 6) is 4.51. The van der Waals surface area contributed by atoms with Crippen molar-refractivity contribution in [3.8, 4) is 0 Å². The Kier molecular flexibility index (Phi) is 15.8. The van der Waals surface area contributed by atoms with Gasteiger partial charge < -0.3 is 0 Å². The van der Waals surface area contributed by atoms with Crippen LogP contribution >= 0.6 is 211 Å². The van der Waals surface area contributed by atoms with Crippen molar-refractivity contribution in [2.24, 2.45) is 0 Å². The monoisotopic (exact) mass is 1010 g/mol. The fourth-order valence-electron chi connectivity index (χ4n) is 4.57. The largest absolute Gasteiger partial charge is 0.136 e. The van der Waals surface area contributed by atoms with E-state index in [1.807, 2.05) is 211 Å². The van der Waals surface area contributed by atoms with Crippen LogP contribution in [-0.4, -0.2) is 23.0 Å². The van der Waals surface area contributed by atoms with Crippen molar-refractivity contribution in [3.63, 3.8) is 0 Å². The van der Waals surface area contributed by atoms with Gasteiger partial charge in [-0.15, -0.1) is 69.7 Å². The van der Waals surface area contributed by atoms with Crippen LogP contribution in [0.1, 0.15) is 47.2 Å². The molecule has 0 saturated carbocycles. The van der Waals surface area contributed by atoms with Crippen LogP contribution in [-0.2, 0) is 0 Å². The van der Waals surface area contributed by atoms with Gasteiger partial charge in [0.25, 0.3) is 0 Å². The van der Waals surface area contributed by atoms with Crippen molar-refractivity contribution < 1.29 is 0 Å². The molecule has 0 aromatic carbocycles. The summed E-state index contributed by atoms with van der Waals surface area (Å²) in [5.41, 5.74) is 0. The lowest BCUT2D eigenvalue weighted by Gasteiger charge is -2.07. The second kappa shape index (κ2) is 19.8. The summed E-state index contributed by atoms with van der Waals surface area (Å²) < 4.78 is 20.3. The second-order valence-corrected chi connectivity index (χ2v) is 33.7. The molecule has 2 aromatic rings. The van der Waals surface area contributed by atoms with Gasteiger partial charge >= 0.3 is 0 Å². The molecule has 0 bridgehead atoms. The summed E-state index contributed by atoms with van der Waals surface area (Å²) in [5, 5.41) is 0. The maximum atomic E-state index is 2.39. The van der Waals surface area contributed by atoms with Gasteiger partial charge in [0.2, 0.25) is 0 Å². The van der Waals surface area contributed by atoms with E-state index < -0.39 is 0 Å². The maximum Gasteiger partial charge on any atom is 0.0718 e. The van der Waals surface area contributed by atoms with Crippen LogP contribution in [0.25, 0.3) is 24.3 Å². The first-order chi connectivity index (χ1) is 25.5. The van der Waals surface area contributed by atoms with Crippen molar-refractivity contribution in [3.05, 3.63) is 103 Å². The Morgan fingerprint density at radius 2 is 0.577 bits per heavy atom. The molecule has 0 N–H and O–H groups in total. The third-order valence-corrected chi connectivity index (χ3v) is 30.3. The van der Waals surface area contributed by atoms with Crippen molar-refractivity contribution >= 4 is 235 Å². The minimum atomic E-state index is 1.13. The molecule has 0 radical (unpaired) electrons. The lowest BCUT2D eigenvalue weighted by Crippen LogP contribution is -1.72. The average molecular weight is 1010 g/mol. The molecule has 0 spiro atoms. The lowest BCUT2D eigenvalue weighted by molar-refractivity contribution is 1.53. The number of thiophene rings is 2. The van der Waals surface area contributed by atoms with Crippen LogP contribution in [0, 0.1) is 0 Å². The quantitative estimate of drug-likeness (QED) is 0.198. The van der Waals surface area contributed by atoms with E-state index >= 15 is 0 Å². The predicted molar refractivity (Wildman–Crippen MR) is 279 cm³/mol. The number of rotatable bonds is 12. The molecule has 0 aliphatic carbocycles. The number of thioether (sulfide) groups is 16. The molecule has 8 heterocycles. The summed E-state index contributed by atoms with van der Waals surface area (Å²) in [7, 11) is 0. The standard InChI is InChI=1S/C34H28S18/c1-5-35-25-26(36-6-2)42-21(41-25)13-17-9-11-19(39-17)15-23-45-29-30(46-23)50-33(49-29)34-51-31-32(52-34)48-24(47-31)16-20-12-10-18(40-20)14-22-43-27(37-7-3)28(44-22)38-8-4/h9-16H,5-8H2,1-4H3.